The van der Waals surface area contributed by atoms with Crippen LogP contribution < -0.4 is 9.47 Å². The second-order valence-electron chi connectivity index (χ2n) is 8.28. The van der Waals surface area contributed by atoms with Crippen molar-refractivity contribution in [3.8, 4) is 22.6 Å². The van der Waals surface area contributed by atoms with Gasteiger partial charge >= 0.3 is 0 Å². The number of methoxy groups -OCH3 is 2. The summed E-state index contributed by atoms with van der Waals surface area (Å²) >= 11 is 0. The second-order valence-corrected chi connectivity index (χ2v) is 10.4. The van der Waals surface area contributed by atoms with Crippen LogP contribution in [0.4, 0.5) is 0 Å². The molecule has 0 heterocycles. The highest BCUT2D eigenvalue weighted by molar-refractivity contribution is 7.91. The Kier molecular flexibility index (Phi) is 5.01. The number of sulfone groups is 1. The van der Waals surface area contributed by atoms with Gasteiger partial charge in [0, 0.05) is 6.07 Å². The SMILES string of the molecule is COc1ccc(S(=O)(=O)C2Cc3ccccc3-c3ccc4c(c32)CCCC4)cc1OC. The molecule has 1 unspecified atom stereocenters. The van der Waals surface area contributed by atoms with E-state index in [4.69, 9.17) is 9.47 Å². The number of rotatable bonds is 4. The van der Waals surface area contributed by atoms with Gasteiger partial charge in [-0.1, -0.05) is 36.4 Å². The molecule has 0 fully saturated rings. The third kappa shape index (κ3) is 3.23. The Balaban J connectivity index is 1.72. The Bertz CT molecular complexity index is 1260. The lowest BCUT2D eigenvalue weighted by Crippen LogP contribution is -2.24. The molecular formula is C26H26O4S. The van der Waals surface area contributed by atoms with E-state index in [0.717, 1.165) is 47.9 Å². The average molecular weight is 435 g/mol. The third-order valence-corrected chi connectivity index (χ3v) is 8.73. The zero-order valence-corrected chi connectivity index (χ0v) is 18.7. The molecule has 0 N–H and O–H groups in total. The third-order valence-electron chi connectivity index (χ3n) is 6.67. The summed E-state index contributed by atoms with van der Waals surface area (Å²) in [4.78, 5) is 0.272. The smallest absolute Gasteiger partial charge is 0.185 e. The molecule has 0 amide bonds. The first-order valence-electron chi connectivity index (χ1n) is 10.7. The topological polar surface area (TPSA) is 52.6 Å². The molecule has 0 aromatic heterocycles. The molecule has 0 aliphatic heterocycles. The summed E-state index contributed by atoms with van der Waals surface area (Å²) in [6, 6.07) is 17.4. The van der Waals surface area contributed by atoms with Crippen LogP contribution in [-0.2, 0) is 29.1 Å². The molecule has 0 saturated heterocycles. The van der Waals surface area contributed by atoms with Crippen LogP contribution in [0, 0.1) is 0 Å². The summed E-state index contributed by atoms with van der Waals surface area (Å²) < 4.78 is 38.7. The van der Waals surface area contributed by atoms with E-state index in [2.05, 4.69) is 24.3 Å². The molecule has 31 heavy (non-hydrogen) atoms. The number of fused-ring (bicyclic) bond motifs is 5. The van der Waals surface area contributed by atoms with Crippen molar-refractivity contribution in [1.82, 2.24) is 0 Å². The lowest BCUT2D eigenvalue weighted by atomic mass is 9.78. The van der Waals surface area contributed by atoms with Gasteiger partial charge in [-0.15, -0.1) is 0 Å². The largest absolute Gasteiger partial charge is 0.493 e. The first-order chi connectivity index (χ1) is 15.0. The van der Waals surface area contributed by atoms with Gasteiger partial charge in [0.05, 0.1) is 24.4 Å². The maximum atomic E-state index is 14.0. The van der Waals surface area contributed by atoms with E-state index in [1.807, 2.05) is 12.1 Å². The quantitative estimate of drug-likeness (QED) is 0.558. The molecule has 0 spiro atoms. The van der Waals surface area contributed by atoms with E-state index >= 15 is 0 Å². The zero-order chi connectivity index (χ0) is 21.6. The van der Waals surface area contributed by atoms with E-state index in [0.29, 0.717) is 17.9 Å². The van der Waals surface area contributed by atoms with Crippen molar-refractivity contribution in [2.24, 2.45) is 0 Å². The van der Waals surface area contributed by atoms with Crippen LogP contribution >= 0.6 is 0 Å². The molecule has 5 heteroatoms. The Morgan fingerprint density at radius 1 is 0.806 bits per heavy atom. The monoisotopic (exact) mass is 434 g/mol. The molecule has 0 radical (unpaired) electrons. The van der Waals surface area contributed by atoms with E-state index in [-0.39, 0.29) is 4.90 Å². The minimum absolute atomic E-state index is 0.272. The van der Waals surface area contributed by atoms with Crippen molar-refractivity contribution in [3.05, 3.63) is 76.9 Å². The lowest BCUT2D eigenvalue weighted by Gasteiger charge is -2.32. The second kappa shape index (κ2) is 7.72. The Morgan fingerprint density at radius 2 is 1.58 bits per heavy atom. The molecule has 3 aromatic carbocycles. The highest BCUT2D eigenvalue weighted by Gasteiger charge is 2.38. The standard InChI is InChI=1S/C26H26O4S/c1-29-23-14-12-19(16-24(23)30-2)31(27,28)25-15-18-8-4-5-9-20(18)22-13-11-17-7-3-6-10-21(17)26(22)25/h4-5,8-9,11-14,16,25H,3,6-7,10,15H2,1-2H3. The Morgan fingerprint density at radius 3 is 2.39 bits per heavy atom. The normalized spacial score (nSPS) is 17.3. The maximum absolute atomic E-state index is 14.0. The van der Waals surface area contributed by atoms with Gasteiger partial charge in [-0.05, 0) is 77.6 Å². The van der Waals surface area contributed by atoms with E-state index < -0.39 is 15.1 Å². The van der Waals surface area contributed by atoms with Crippen LogP contribution in [0.5, 0.6) is 11.5 Å². The molecule has 2 aliphatic rings. The van der Waals surface area contributed by atoms with Crippen LogP contribution in [-0.4, -0.2) is 22.6 Å². The fourth-order valence-electron chi connectivity index (χ4n) is 5.14. The summed E-state index contributed by atoms with van der Waals surface area (Å²) in [7, 11) is -0.572. The van der Waals surface area contributed by atoms with Crippen molar-refractivity contribution in [1.29, 1.82) is 0 Å². The summed E-state index contributed by atoms with van der Waals surface area (Å²) in [5, 5.41) is -0.608. The van der Waals surface area contributed by atoms with E-state index in [1.165, 1.54) is 18.2 Å². The molecule has 5 rings (SSSR count). The van der Waals surface area contributed by atoms with Crippen LogP contribution in [0.15, 0.2) is 59.5 Å². The summed E-state index contributed by atoms with van der Waals surface area (Å²) in [6.07, 6.45) is 4.71. The fraction of sp³-hybridized carbons (Fsp3) is 0.308. The van der Waals surface area contributed by atoms with Gasteiger partial charge in [0.1, 0.15) is 0 Å². The molecule has 1 atom stereocenters. The zero-order valence-electron chi connectivity index (χ0n) is 17.9. The fourth-order valence-corrected chi connectivity index (χ4v) is 6.98. The molecule has 3 aromatic rings. The van der Waals surface area contributed by atoms with E-state index in [9.17, 15) is 8.42 Å². The first kappa shape index (κ1) is 20.1. The lowest BCUT2D eigenvalue weighted by molar-refractivity contribution is 0.354. The predicted octanol–water partition coefficient (Wildman–Crippen LogP) is 5.32. The summed E-state index contributed by atoms with van der Waals surface area (Å²) in [5.74, 6) is 0.948. The van der Waals surface area contributed by atoms with Gasteiger partial charge in [-0.3, -0.25) is 0 Å². The summed E-state index contributed by atoms with van der Waals surface area (Å²) in [5.41, 5.74) is 6.86. The number of hydrogen-bond donors (Lipinski definition) is 0. The van der Waals surface area contributed by atoms with Crippen LogP contribution in [0.3, 0.4) is 0 Å². The van der Waals surface area contributed by atoms with Gasteiger partial charge in [-0.2, -0.15) is 0 Å². The minimum atomic E-state index is -3.64. The highest BCUT2D eigenvalue weighted by Crippen LogP contribution is 2.48. The summed E-state index contributed by atoms with van der Waals surface area (Å²) in [6.45, 7) is 0. The highest BCUT2D eigenvalue weighted by atomic mass is 32.2. The van der Waals surface area contributed by atoms with Gasteiger partial charge < -0.3 is 9.47 Å². The average Bonchev–Trinajstić information content (AvgIpc) is 2.82. The van der Waals surface area contributed by atoms with Crippen LogP contribution in [0.2, 0.25) is 0 Å². The van der Waals surface area contributed by atoms with Crippen molar-refractivity contribution in [3.63, 3.8) is 0 Å². The minimum Gasteiger partial charge on any atom is -0.493 e. The molecule has 4 nitrogen and oxygen atoms in total. The maximum Gasteiger partial charge on any atom is 0.185 e. The van der Waals surface area contributed by atoms with Crippen molar-refractivity contribution in [2.75, 3.05) is 14.2 Å². The first-order valence-corrected chi connectivity index (χ1v) is 12.3. The molecule has 0 saturated carbocycles. The molecule has 160 valence electrons. The van der Waals surface area contributed by atoms with Crippen molar-refractivity contribution < 1.29 is 17.9 Å². The predicted molar refractivity (Wildman–Crippen MR) is 122 cm³/mol. The Hall–Kier alpha value is -2.79. The number of ether oxygens (including phenoxy) is 2. The van der Waals surface area contributed by atoms with E-state index in [1.54, 1.807) is 25.3 Å². The van der Waals surface area contributed by atoms with Crippen molar-refractivity contribution >= 4 is 9.84 Å². The van der Waals surface area contributed by atoms with Gasteiger partial charge in [0.2, 0.25) is 0 Å². The number of benzene rings is 3. The molecule has 0 bridgehead atoms. The van der Waals surface area contributed by atoms with Gasteiger partial charge in [0.15, 0.2) is 21.3 Å². The van der Waals surface area contributed by atoms with Gasteiger partial charge in [-0.25, -0.2) is 8.42 Å². The molecule has 2 aliphatic carbocycles. The number of aryl methyl sites for hydroxylation is 1. The Labute approximate surface area is 183 Å². The molecular weight excluding hydrogens is 408 g/mol. The number of hydrogen-bond acceptors (Lipinski definition) is 4. The van der Waals surface area contributed by atoms with Crippen molar-refractivity contribution in [2.45, 2.75) is 42.2 Å². The van der Waals surface area contributed by atoms with Crippen LogP contribution in [0.25, 0.3) is 11.1 Å². The van der Waals surface area contributed by atoms with Crippen LogP contribution in [0.1, 0.15) is 40.3 Å². The van der Waals surface area contributed by atoms with Gasteiger partial charge in [0.25, 0.3) is 0 Å².